The summed E-state index contributed by atoms with van der Waals surface area (Å²) in [5.74, 6) is 5.60. The van der Waals surface area contributed by atoms with Gasteiger partial charge < -0.3 is 9.47 Å². The van der Waals surface area contributed by atoms with Crippen LogP contribution in [0.25, 0.3) is 5.69 Å². The molecule has 2 aromatic rings. The smallest absolute Gasteiger partial charge is 0.177 e. The SMILES string of the molecule is CN(C)C1(c2nnnn2-c2ccc3c(c2)OCCO3)C2CC3CC(C2)CC1C3. The molecule has 4 bridgehead atoms. The molecule has 0 atom stereocenters. The van der Waals surface area contributed by atoms with Crippen LogP contribution in [0.4, 0.5) is 0 Å². The van der Waals surface area contributed by atoms with E-state index in [1.807, 2.05) is 22.9 Å². The number of ether oxygens (including phenoxy) is 2. The summed E-state index contributed by atoms with van der Waals surface area (Å²) < 4.78 is 13.4. The average molecular weight is 381 g/mol. The van der Waals surface area contributed by atoms with Gasteiger partial charge in [0.2, 0.25) is 0 Å². The number of hydrogen-bond acceptors (Lipinski definition) is 6. The first-order valence-corrected chi connectivity index (χ1v) is 10.5. The van der Waals surface area contributed by atoms with E-state index in [1.165, 1.54) is 32.1 Å². The van der Waals surface area contributed by atoms with Gasteiger partial charge in [0.25, 0.3) is 0 Å². The van der Waals surface area contributed by atoms with Crippen LogP contribution >= 0.6 is 0 Å². The number of aromatic nitrogens is 4. The van der Waals surface area contributed by atoms with Crippen LogP contribution in [0.1, 0.15) is 37.9 Å². The molecule has 0 saturated heterocycles. The largest absolute Gasteiger partial charge is 0.486 e. The highest BCUT2D eigenvalue weighted by Crippen LogP contribution is 2.63. The van der Waals surface area contributed by atoms with E-state index in [9.17, 15) is 0 Å². The van der Waals surface area contributed by atoms with Crippen molar-refractivity contribution in [1.82, 2.24) is 25.1 Å². The van der Waals surface area contributed by atoms with E-state index in [-0.39, 0.29) is 5.54 Å². The second-order valence-corrected chi connectivity index (χ2v) is 9.27. The summed E-state index contributed by atoms with van der Waals surface area (Å²) in [5, 5.41) is 13.2. The monoisotopic (exact) mass is 381 g/mol. The quantitative estimate of drug-likeness (QED) is 0.814. The first-order valence-electron chi connectivity index (χ1n) is 10.5. The van der Waals surface area contributed by atoms with E-state index in [0.29, 0.717) is 25.0 Å². The van der Waals surface area contributed by atoms with Crippen molar-refractivity contribution in [1.29, 1.82) is 0 Å². The Balaban J connectivity index is 1.48. The van der Waals surface area contributed by atoms with Crippen molar-refractivity contribution in [3.63, 3.8) is 0 Å². The molecule has 0 spiro atoms. The van der Waals surface area contributed by atoms with Gasteiger partial charge in [-0.25, -0.2) is 0 Å². The standard InChI is InChI=1S/C21H27N5O2/c1-25(2)21(15-8-13-7-14(10-15)11-16(21)9-13)20-22-23-24-26(20)17-3-4-18-19(12-17)28-6-5-27-18/h3-4,12-16H,5-11H2,1-2H3. The Hall–Kier alpha value is -2.15. The first-order chi connectivity index (χ1) is 13.7. The number of hydrogen-bond donors (Lipinski definition) is 0. The maximum atomic E-state index is 5.80. The van der Waals surface area contributed by atoms with Crippen LogP contribution in [0.15, 0.2) is 18.2 Å². The molecule has 5 aliphatic rings. The van der Waals surface area contributed by atoms with E-state index < -0.39 is 0 Å². The normalized spacial score (nSPS) is 35.5. The minimum atomic E-state index is -0.0931. The van der Waals surface area contributed by atoms with E-state index in [0.717, 1.165) is 34.8 Å². The van der Waals surface area contributed by atoms with Gasteiger partial charge in [-0.15, -0.1) is 5.10 Å². The maximum absolute atomic E-state index is 5.80. The molecule has 28 heavy (non-hydrogen) atoms. The zero-order valence-electron chi connectivity index (χ0n) is 16.5. The van der Waals surface area contributed by atoms with E-state index in [4.69, 9.17) is 9.47 Å². The summed E-state index contributed by atoms with van der Waals surface area (Å²) >= 11 is 0. The minimum Gasteiger partial charge on any atom is -0.486 e. The highest BCUT2D eigenvalue weighted by Gasteiger charge is 2.61. The van der Waals surface area contributed by atoms with Crippen molar-refractivity contribution >= 4 is 0 Å². The molecular weight excluding hydrogens is 354 g/mol. The molecule has 0 amide bonds. The zero-order valence-corrected chi connectivity index (χ0v) is 16.5. The zero-order chi connectivity index (χ0) is 18.9. The maximum Gasteiger partial charge on any atom is 0.177 e. The van der Waals surface area contributed by atoms with Crippen LogP contribution in [0.3, 0.4) is 0 Å². The Kier molecular flexibility index (Phi) is 3.55. The van der Waals surface area contributed by atoms with Crippen molar-refractivity contribution in [2.75, 3.05) is 27.3 Å². The second kappa shape index (κ2) is 5.92. The molecule has 0 radical (unpaired) electrons. The van der Waals surface area contributed by atoms with E-state index >= 15 is 0 Å². The van der Waals surface area contributed by atoms with Crippen LogP contribution in [-0.2, 0) is 5.54 Å². The lowest BCUT2D eigenvalue weighted by Gasteiger charge is -2.62. The van der Waals surface area contributed by atoms with Crippen LogP contribution in [0.2, 0.25) is 0 Å². The number of rotatable bonds is 3. The number of tetrazole rings is 1. The van der Waals surface area contributed by atoms with Gasteiger partial charge in [0.05, 0.1) is 11.2 Å². The van der Waals surface area contributed by atoms with Crippen LogP contribution in [-0.4, -0.2) is 52.4 Å². The third-order valence-corrected chi connectivity index (χ3v) is 7.72. The van der Waals surface area contributed by atoms with E-state index in [2.05, 4.69) is 34.5 Å². The Labute approximate surface area is 165 Å². The van der Waals surface area contributed by atoms with Crippen LogP contribution in [0.5, 0.6) is 11.5 Å². The van der Waals surface area contributed by atoms with Gasteiger partial charge in [-0.05, 0) is 92.4 Å². The van der Waals surface area contributed by atoms with Crippen LogP contribution in [0, 0.1) is 23.7 Å². The minimum absolute atomic E-state index is 0.0931. The van der Waals surface area contributed by atoms with Crippen molar-refractivity contribution in [3.8, 4) is 17.2 Å². The molecule has 7 heteroatoms. The Morgan fingerprint density at radius 1 is 0.964 bits per heavy atom. The third-order valence-electron chi connectivity index (χ3n) is 7.72. The molecule has 4 fully saturated rings. The van der Waals surface area contributed by atoms with Gasteiger partial charge in [-0.3, -0.25) is 4.90 Å². The van der Waals surface area contributed by atoms with E-state index in [1.54, 1.807) is 0 Å². The van der Waals surface area contributed by atoms with Gasteiger partial charge in [0.15, 0.2) is 17.3 Å². The fourth-order valence-corrected chi connectivity index (χ4v) is 6.97. The number of fused-ring (bicyclic) bond motifs is 1. The molecule has 4 saturated carbocycles. The summed E-state index contributed by atoms with van der Waals surface area (Å²) in [6.45, 7) is 1.17. The molecular formula is C21H27N5O2. The van der Waals surface area contributed by atoms with Crippen molar-refractivity contribution in [2.45, 2.75) is 37.6 Å². The topological polar surface area (TPSA) is 65.3 Å². The predicted octanol–water partition coefficient (Wildman–Crippen LogP) is 2.65. The molecule has 7 rings (SSSR count). The second-order valence-electron chi connectivity index (χ2n) is 9.27. The lowest BCUT2D eigenvalue weighted by atomic mass is 9.48. The van der Waals surface area contributed by atoms with Gasteiger partial charge in [0, 0.05) is 6.07 Å². The molecule has 0 N–H and O–H groups in total. The van der Waals surface area contributed by atoms with Gasteiger partial charge in [0.1, 0.15) is 13.2 Å². The predicted molar refractivity (Wildman–Crippen MR) is 103 cm³/mol. The van der Waals surface area contributed by atoms with Crippen molar-refractivity contribution in [2.24, 2.45) is 23.7 Å². The van der Waals surface area contributed by atoms with Crippen LogP contribution < -0.4 is 9.47 Å². The molecule has 1 aromatic carbocycles. The Morgan fingerprint density at radius 3 is 2.32 bits per heavy atom. The summed E-state index contributed by atoms with van der Waals surface area (Å²) in [6.07, 6.45) is 6.65. The molecule has 1 aliphatic heterocycles. The first kappa shape index (κ1) is 16.8. The molecule has 0 unspecified atom stereocenters. The van der Waals surface area contributed by atoms with Crippen molar-refractivity contribution in [3.05, 3.63) is 24.0 Å². The summed E-state index contributed by atoms with van der Waals surface area (Å²) in [6, 6.07) is 6.01. The van der Waals surface area contributed by atoms with Gasteiger partial charge in [-0.1, -0.05) is 0 Å². The lowest BCUT2D eigenvalue weighted by Crippen LogP contribution is -2.63. The summed E-state index contributed by atoms with van der Waals surface area (Å²) in [7, 11) is 4.43. The van der Waals surface area contributed by atoms with Gasteiger partial charge in [-0.2, -0.15) is 4.68 Å². The third kappa shape index (κ3) is 2.16. The average Bonchev–Trinajstić information content (AvgIpc) is 3.17. The lowest BCUT2D eigenvalue weighted by molar-refractivity contribution is -0.131. The van der Waals surface area contributed by atoms with Crippen molar-refractivity contribution < 1.29 is 9.47 Å². The fraction of sp³-hybridized carbons (Fsp3) is 0.667. The fourth-order valence-electron chi connectivity index (χ4n) is 6.97. The summed E-state index contributed by atoms with van der Waals surface area (Å²) in [5.41, 5.74) is 0.851. The Bertz CT molecular complexity index is 880. The molecule has 4 aliphatic carbocycles. The summed E-state index contributed by atoms with van der Waals surface area (Å²) in [4.78, 5) is 2.42. The Morgan fingerprint density at radius 2 is 1.64 bits per heavy atom. The molecule has 2 heterocycles. The number of benzene rings is 1. The molecule has 1 aromatic heterocycles. The van der Waals surface area contributed by atoms with Gasteiger partial charge >= 0.3 is 0 Å². The number of nitrogens with zero attached hydrogens (tertiary/aromatic N) is 5. The highest BCUT2D eigenvalue weighted by molar-refractivity contribution is 5.49. The molecule has 148 valence electrons. The molecule has 7 nitrogen and oxygen atoms in total. The highest BCUT2D eigenvalue weighted by atomic mass is 16.6.